The van der Waals surface area contributed by atoms with Crippen LogP contribution < -0.4 is 16.0 Å². The lowest BCUT2D eigenvalue weighted by atomic mass is 10.2. The van der Waals surface area contributed by atoms with Crippen LogP contribution >= 0.6 is 0 Å². The molecule has 0 spiro atoms. The van der Waals surface area contributed by atoms with Crippen LogP contribution in [0.5, 0.6) is 5.75 Å². The molecular weight excluding hydrogens is 384 g/mol. The van der Waals surface area contributed by atoms with Crippen molar-refractivity contribution in [3.63, 3.8) is 0 Å². The molecule has 1 aliphatic rings. The summed E-state index contributed by atoms with van der Waals surface area (Å²) in [4.78, 5) is 32.0. The van der Waals surface area contributed by atoms with Gasteiger partial charge in [-0.1, -0.05) is 12.8 Å². The SMILES string of the molecule is CN(C)CCOc1ccc(-c2nnc3c(n2)c(=O)n(C)c(=O)n3C2CCCC2)cc1. The molecule has 9 heteroatoms. The Morgan fingerprint density at radius 2 is 1.80 bits per heavy atom. The maximum absolute atomic E-state index is 12.7. The molecule has 1 aliphatic carbocycles. The molecule has 2 heterocycles. The Hall–Kier alpha value is -3.07. The van der Waals surface area contributed by atoms with E-state index < -0.39 is 5.56 Å². The zero-order chi connectivity index (χ0) is 21.3. The smallest absolute Gasteiger partial charge is 0.332 e. The van der Waals surface area contributed by atoms with Gasteiger partial charge in [0.1, 0.15) is 12.4 Å². The monoisotopic (exact) mass is 410 g/mol. The molecule has 0 N–H and O–H groups in total. The maximum Gasteiger partial charge on any atom is 0.332 e. The molecule has 1 saturated carbocycles. The first-order valence-corrected chi connectivity index (χ1v) is 10.2. The highest BCUT2D eigenvalue weighted by Gasteiger charge is 2.24. The Balaban J connectivity index is 1.70. The third-order valence-corrected chi connectivity index (χ3v) is 5.51. The minimum atomic E-state index is -0.455. The summed E-state index contributed by atoms with van der Waals surface area (Å²) in [6.07, 6.45) is 3.91. The summed E-state index contributed by atoms with van der Waals surface area (Å²) in [5.74, 6) is 1.09. The Morgan fingerprint density at radius 1 is 1.10 bits per heavy atom. The zero-order valence-electron chi connectivity index (χ0n) is 17.5. The van der Waals surface area contributed by atoms with Crippen molar-refractivity contribution in [2.45, 2.75) is 31.7 Å². The van der Waals surface area contributed by atoms with E-state index in [-0.39, 0.29) is 22.9 Å². The predicted molar refractivity (Wildman–Crippen MR) is 114 cm³/mol. The van der Waals surface area contributed by atoms with Crippen LogP contribution in [0.1, 0.15) is 31.7 Å². The molecule has 0 saturated heterocycles. The molecule has 0 radical (unpaired) electrons. The molecule has 4 rings (SSSR count). The number of hydrogen-bond acceptors (Lipinski definition) is 7. The fourth-order valence-electron chi connectivity index (χ4n) is 3.78. The molecule has 30 heavy (non-hydrogen) atoms. The van der Waals surface area contributed by atoms with Gasteiger partial charge in [0.25, 0.3) is 5.56 Å². The van der Waals surface area contributed by atoms with Crippen LogP contribution in [0.2, 0.25) is 0 Å². The summed E-state index contributed by atoms with van der Waals surface area (Å²) >= 11 is 0. The Kier molecular flexibility index (Phi) is 5.63. The van der Waals surface area contributed by atoms with E-state index in [9.17, 15) is 9.59 Å². The Labute approximate surface area is 173 Å². The first kappa shape index (κ1) is 20.2. The van der Waals surface area contributed by atoms with Crippen LogP contribution in [0.15, 0.2) is 33.9 Å². The van der Waals surface area contributed by atoms with Gasteiger partial charge >= 0.3 is 5.69 Å². The van der Waals surface area contributed by atoms with Gasteiger partial charge in [0.15, 0.2) is 17.0 Å². The molecule has 158 valence electrons. The summed E-state index contributed by atoms with van der Waals surface area (Å²) in [6, 6.07) is 7.40. The largest absolute Gasteiger partial charge is 0.492 e. The summed E-state index contributed by atoms with van der Waals surface area (Å²) in [5.41, 5.74) is 0.347. The second-order valence-electron chi connectivity index (χ2n) is 7.94. The number of hydrogen-bond donors (Lipinski definition) is 0. The third kappa shape index (κ3) is 3.85. The number of likely N-dealkylation sites (N-methyl/N-ethyl adjacent to an activating group) is 1. The average Bonchev–Trinajstić information content (AvgIpc) is 3.27. The van der Waals surface area contributed by atoms with Crippen molar-refractivity contribution >= 4 is 11.2 Å². The quantitative estimate of drug-likeness (QED) is 0.609. The minimum absolute atomic E-state index is 0.0346. The summed E-state index contributed by atoms with van der Waals surface area (Å²) in [7, 11) is 5.47. The van der Waals surface area contributed by atoms with Gasteiger partial charge in [-0.3, -0.25) is 13.9 Å². The van der Waals surface area contributed by atoms with Crippen LogP contribution in [0.3, 0.4) is 0 Å². The van der Waals surface area contributed by atoms with E-state index in [1.807, 2.05) is 38.4 Å². The second kappa shape index (κ2) is 8.35. The van der Waals surface area contributed by atoms with Gasteiger partial charge in [-0.15, -0.1) is 10.2 Å². The Bertz CT molecular complexity index is 1160. The normalized spacial score (nSPS) is 14.7. The van der Waals surface area contributed by atoms with Gasteiger partial charge in [-0.2, -0.15) is 0 Å². The Morgan fingerprint density at radius 3 is 2.47 bits per heavy atom. The van der Waals surface area contributed by atoms with Gasteiger partial charge < -0.3 is 9.64 Å². The number of ether oxygens (including phenoxy) is 1. The van der Waals surface area contributed by atoms with Crippen molar-refractivity contribution < 1.29 is 4.74 Å². The molecular formula is C21H26N6O3. The zero-order valence-corrected chi connectivity index (χ0v) is 17.5. The van der Waals surface area contributed by atoms with Gasteiger partial charge in [0, 0.05) is 25.2 Å². The first-order chi connectivity index (χ1) is 14.5. The minimum Gasteiger partial charge on any atom is -0.492 e. The molecule has 1 aromatic carbocycles. The lowest BCUT2D eigenvalue weighted by molar-refractivity contribution is 0.261. The van der Waals surface area contributed by atoms with E-state index in [2.05, 4.69) is 20.1 Å². The maximum atomic E-state index is 12.7. The lowest BCUT2D eigenvalue weighted by Crippen LogP contribution is -2.40. The molecule has 0 aliphatic heterocycles. The van der Waals surface area contributed by atoms with E-state index in [0.717, 1.165) is 48.1 Å². The number of benzene rings is 1. The van der Waals surface area contributed by atoms with E-state index in [0.29, 0.717) is 12.4 Å². The fourth-order valence-corrected chi connectivity index (χ4v) is 3.78. The number of nitrogens with zero attached hydrogens (tertiary/aromatic N) is 6. The first-order valence-electron chi connectivity index (χ1n) is 10.2. The van der Waals surface area contributed by atoms with Crippen LogP contribution in [-0.4, -0.2) is 56.5 Å². The third-order valence-electron chi connectivity index (χ3n) is 5.51. The molecule has 2 aromatic heterocycles. The molecule has 1 fully saturated rings. The van der Waals surface area contributed by atoms with Gasteiger partial charge in [-0.25, -0.2) is 9.78 Å². The molecule has 0 amide bonds. The van der Waals surface area contributed by atoms with Crippen LogP contribution in [0, 0.1) is 0 Å². The predicted octanol–water partition coefficient (Wildman–Crippen LogP) is 1.61. The highest BCUT2D eigenvalue weighted by atomic mass is 16.5. The number of fused-ring (bicyclic) bond motifs is 1. The van der Waals surface area contributed by atoms with Crippen molar-refractivity contribution in [2.75, 3.05) is 27.2 Å². The molecule has 3 aromatic rings. The van der Waals surface area contributed by atoms with E-state index in [1.54, 1.807) is 4.57 Å². The number of rotatable bonds is 6. The summed E-state index contributed by atoms with van der Waals surface area (Å²) < 4.78 is 8.41. The van der Waals surface area contributed by atoms with Crippen molar-refractivity contribution in [1.29, 1.82) is 0 Å². The number of aromatic nitrogens is 5. The second-order valence-corrected chi connectivity index (χ2v) is 7.94. The van der Waals surface area contributed by atoms with Crippen molar-refractivity contribution in [3.05, 3.63) is 45.1 Å². The van der Waals surface area contributed by atoms with Gasteiger partial charge in [0.2, 0.25) is 0 Å². The standard InChI is InChI=1S/C21H26N6O3/c1-25(2)12-13-30-16-10-8-14(9-11-16)18-22-17-19(24-23-18)27(15-6-4-5-7-15)21(29)26(3)20(17)28/h8-11,15H,4-7,12-13H2,1-3H3. The fraction of sp³-hybridized carbons (Fsp3) is 0.476. The van der Waals surface area contributed by atoms with Crippen LogP contribution in [0.4, 0.5) is 0 Å². The molecule has 0 atom stereocenters. The summed E-state index contributed by atoms with van der Waals surface area (Å²) in [6.45, 7) is 1.42. The van der Waals surface area contributed by atoms with E-state index in [1.165, 1.54) is 7.05 Å². The van der Waals surface area contributed by atoms with Crippen LogP contribution in [-0.2, 0) is 7.05 Å². The van der Waals surface area contributed by atoms with Crippen molar-refractivity contribution in [3.8, 4) is 17.1 Å². The van der Waals surface area contributed by atoms with E-state index in [4.69, 9.17) is 4.74 Å². The molecule has 0 bridgehead atoms. The topological polar surface area (TPSA) is 95.1 Å². The molecule has 0 unspecified atom stereocenters. The lowest BCUT2D eigenvalue weighted by Gasteiger charge is -2.16. The van der Waals surface area contributed by atoms with Crippen molar-refractivity contribution in [1.82, 2.24) is 29.2 Å². The average molecular weight is 410 g/mol. The van der Waals surface area contributed by atoms with Gasteiger partial charge in [-0.05, 0) is 51.2 Å². The van der Waals surface area contributed by atoms with Gasteiger partial charge in [0.05, 0.1) is 0 Å². The van der Waals surface area contributed by atoms with Crippen LogP contribution in [0.25, 0.3) is 22.6 Å². The highest BCUT2D eigenvalue weighted by Crippen LogP contribution is 2.29. The highest BCUT2D eigenvalue weighted by molar-refractivity contribution is 5.71. The van der Waals surface area contributed by atoms with Crippen molar-refractivity contribution in [2.24, 2.45) is 7.05 Å². The molecule has 9 nitrogen and oxygen atoms in total. The summed E-state index contributed by atoms with van der Waals surface area (Å²) in [5, 5.41) is 8.48. The van der Waals surface area contributed by atoms with E-state index >= 15 is 0 Å².